The molecule has 1 aromatic heterocycles. The largest absolute Gasteiger partial charge is 0.361 e. The molecule has 1 aromatic carbocycles. The van der Waals surface area contributed by atoms with Crippen molar-refractivity contribution in [3.63, 3.8) is 0 Å². The lowest BCUT2D eigenvalue weighted by Gasteiger charge is -2.20. The Hall–Kier alpha value is -2.72. The maximum atomic E-state index is 5.54. The van der Waals surface area contributed by atoms with Crippen LogP contribution in [0.25, 0.3) is 5.57 Å². The van der Waals surface area contributed by atoms with Crippen LogP contribution in [0.1, 0.15) is 5.69 Å². The van der Waals surface area contributed by atoms with E-state index in [-0.39, 0.29) is 0 Å². The molecule has 4 heteroatoms. The number of para-hydroxylation sites is 1. The number of nitrogens with one attached hydrogen (secondary N) is 1. The highest BCUT2D eigenvalue weighted by Crippen LogP contribution is 2.35. The van der Waals surface area contributed by atoms with Crippen LogP contribution in [0.3, 0.4) is 0 Å². The molecule has 0 saturated heterocycles. The van der Waals surface area contributed by atoms with E-state index in [9.17, 15) is 0 Å². The molecule has 0 aliphatic carbocycles. The molecular formula is C18H13N3S. The van der Waals surface area contributed by atoms with E-state index in [0.717, 1.165) is 33.2 Å². The Balaban J connectivity index is 1.84. The Morgan fingerprint density at radius 2 is 1.91 bits per heavy atom. The molecule has 0 unspecified atom stereocenters. The third-order valence-electron chi connectivity index (χ3n) is 3.70. The third kappa shape index (κ3) is 2.05. The zero-order valence-corrected chi connectivity index (χ0v) is 12.5. The quantitative estimate of drug-likeness (QED) is 0.669. The predicted molar refractivity (Wildman–Crippen MR) is 94.9 cm³/mol. The van der Waals surface area contributed by atoms with Crippen molar-refractivity contribution in [3.8, 4) is 0 Å². The van der Waals surface area contributed by atoms with Crippen molar-refractivity contribution in [2.75, 3.05) is 4.90 Å². The number of hydrogen-bond donors (Lipinski definition) is 1. The number of nitrogens with zero attached hydrogens (tertiary/aromatic N) is 2. The van der Waals surface area contributed by atoms with Gasteiger partial charge in [-0.15, -0.1) is 0 Å². The summed E-state index contributed by atoms with van der Waals surface area (Å²) in [5.41, 5.74) is 5.04. The Bertz CT molecular complexity index is 840. The van der Waals surface area contributed by atoms with E-state index in [1.807, 2.05) is 61.1 Å². The van der Waals surface area contributed by atoms with Gasteiger partial charge in [0.05, 0.1) is 16.3 Å². The van der Waals surface area contributed by atoms with Crippen molar-refractivity contribution in [1.29, 1.82) is 0 Å². The number of aromatic amines is 1. The molecule has 22 heavy (non-hydrogen) atoms. The summed E-state index contributed by atoms with van der Waals surface area (Å²) in [6.07, 6.45) is 9.70. The fraction of sp³-hybridized carbons (Fsp3) is 0. The van der Waals surface area contributed by atoms with E-state index < -0.39 is 0 Å². The molecule has 0 amide bonds. The smallest absolute Gasteiger partial charge is 0.0978 e. The fourth-order valence-electron chi connectivity index (χ4n) is 2.69. The number of aromatic nitrogens is 1. The van der Waals surface area contributed by atoms with E-state index in [1.165, 1.54) is 0 Å². The van der Waals surface area contributed by atoms with E-state index >= 15 is 0 Å². The molecule has 0 radical (unpaired) electrons. The lowest BCUT2D eigenvalue weighted by molar-refractivity contribution is 1.21. The minimum absolute atomic E-state index is 0.801. The van der Waals surface area contributed by atoms with E-state index in [2.05, 4.69) is 27.0 Å². The molecule has 3 heterocycles. The highest BCUT2D eigenvalue weighted by molar-refractivity contribution is 7.81. The van der Waals surface area contributed by atoms with Crippen LogP contribution in [0, 0.1) is 0 Å². The monoisotopic (exact) mass is 303 g/mol. The Labute approximate surface area is 134 Å². The second-order valence-corrected chi connectivity index (χ2v) is 5.46. The lowest BCUT2D eigenvalue weighted by Crippen LogP contribution is -2.16. The average Bonchev–Trinajstić information content (AvgIpc) is 3.27. The summed E-state index contributed by atoms with van der Waals surface area (Å²) in [7, 11) is 0. The van der Waals surface area contributed by atoms with Gasteiger partial charge in [0, 0.05) is 35.6 Å². The van der Waals surface area contributed by atoms with Gasteiger partial charge < -0.3 is 9.88 Å². The Morgan fingerprint density at radius 1 is 1.05 bits per heavy atom. The molecule has 4 rings (SSSR count). The number of benzene rings is 1. The summed E-state index contributed by atoms with van der Waals surface area (Å²) < 4.78 is 0. The molecule has 1 N–H and O–H groups in total. The summed E-state index contributed by atoms with van der Waals surface area (Å²) in [6.45, 7) is 0. The number of anilines is 1. The van der Waals surface area contributed by atoms with E-state index in [1.54, 1.807) is 0 Å². The molecule has 0 atom stereocenters. The first-order valence-electron chi connectivity index (χ1n) is 7.04. The van der Waals surface area contributed by atoms with Gasteiger partial charge in [0.1, 0.15) is 0 Å². The molecule has 3 nitrogen and oxygen atoms in total. The highest BCUT2D eigenvalue weighted by atomic mass is 32.1. The summed E-state index contributed by atoms with van der Waals surface area (Å²) in [5, 5.41) is 0. The van der Waals surface area contributed by atoms with Gasteiger partial charge in [-0.1, -0.05) is 30.4 Å². The fourth-order valence-corrected chi connectivity index (χ4v) is 2.94. The van der Waals surface area contributed by atoms with Crippen molar-refractivity contribution in [2.45, 2.75) is 0 Å². The summed E-state index contributed by atoms with van der Waals surface area (Å²) in [5.74, 6) is 0. The molecule has 0 saturated carbocycles. The summed E-state index contributed by atoms with van der Waals surface area (Å²) in [6, 6.07) is 14.2. The van der Waals surface area contributed by atoms with Gasteiger partial charge in [0.2, 0.25) is 0 Å². The minimum Gasteiger partial charge on any atom is -0.361 e. The van der Waals surface area contributed by atoms with Crippen molar-refractivity contribution >= 4 is 34.6 Å². The summed E-state index contributed by atoms with van der Waals surface area (Å²) in [4.78, 5) is 10.7. The Kier molecular flexibility index (Phi) is 3.09. The number of H-pyrrole nitrogens is 1. The highest BCUT2D eigenvalue weighted by Gasteiger charge is 2.26. The molecule has 106 valence electrons. The van der Waals surface area contributed by atoms with Crippen LogP contribution in [-0.4, -0.2) is 16.1 Å². The molecule has 0 spiro atoms. The van der Waals surface area contributed by atoms with Crippen molar-refractivity contribution in [1.82, 2.24) is 4.98 Å². The van der Waals surface area contributed by atoms with Crippen LogP contribution in [-0.2, 0) is 0 Å². The minimum atomic E-state index is 0.801. The molecule has 2 aromatic rings. The van der Waals surface area contributed by atoms with Crippen LogP contribution in [0.15, 0.2) is 83.4 Å². The number of allylic oxidation sites excluding steroid dienone is 3. The van der Waals surface area contributed by atoms with Gasteiger partial charge in [0.25, 0.3) is 0 Å². The van der Waals surface area contributed by atoms with Gasteiger partial charge >= 0.3 is 0 Å². The van der Waals surface area contributed by atoms with Gasteiger partial charge in [-0.3, -0.25) is 4.99 Å². The first-order chi connectivity index (χ1) is 10.8. The molecule has 0 bridgehead atoms. The zero-order valence-electron chi connectivity index (χ0n) is 11.7. The van der Waals surface area contributed by atoms with Crippen LogP contribution < -0.4 is 4.90 Å². The van der Waals surface area contributed by atoms with Crippen molar-refractivity contribution < 1.29 is 0 Å². The van der Waals surface area contributed by atoms with Crippen molar-refractivity contribution in [2.24, 2.45) is 4.99 Å². The number of thiocarbonyl (C=S) groups is 1. The van der Waals surface area contributed by atoms with Crippen LogP contribution >= 0.6 is 12.2 Å². The van der Waals surface area contributed by atoms with Crippen LogP contribution in [0.5, 0.6) is 0 Å². The van der Waals surface area contributed by atoms with Crippen LogP contribution in [0.4, 0.5) is 5.69 Å². The van der Waals surface area contributed by atoms with E-state index in [0.29, 0.717) is 0 Å². The molecular weight excluding hydrogens is 290 g/mol. The van der Waals surface area contributed by atoms with Crippen molar-refractivity contribution in [3.05, 3.63) is 84.1 Å². The van der Waals surface area contributed by atoms with Gasteiger partial charge in [-0.2, -0.15) is 0 Å². The molecule has 2 aliphatic rings. The topological polar surface area (TPSA) is 31.4 Å². The zero-order chi connectivity index (χ0) is 14.9. The summed E-state index contributed by atoms with van der Waals surface area (Å²) >= 11 is 5.54. The molecule has 0 fully saturated rings. The number of rotatable bonds is 2. The normalized spacial score (nSPS) is 20.1. The third-order valence-corrected chi connectivity index (χ3v) is 4.03. The number of hydrogen-bond acceptors (Lipinski definition) is 3. The standard InChI is InChI=1S/C18H13N3S/c22-16-9-12-21(13-5-2-1-3-6-13)18(16)17-14(8-11-20-17)15-7-4-10-19-15/h1-12,19H. The molecule has 2 aliphatic heterocycles. The predicted octanol–water partition coefficient (Wildman–Crippen LogP) is 4.10. The Morgan fingerprint density at radius 3 is 2.68 bits per heavy atom. The first kappa shape index (κ1) is 13.0. The average molecular weight is 303 g/mol. The van der Waals surface area contributed by atoms with Gasteiger partial charge in [0.15, 0.2) is 0 Å². The second kappa shape index (κ2) is 5.24. The lowest BCUT2D eigenvalue weighted by atomic mass is 10.1. The second-order valence-electron chi connectivity index (χ2n) is 5.03. The maximum absolute atomic E-state index is 5.54. The van der Waals surface area contributed by atoms with Gasteiger partial charge in [-0.05, 0) is 36.4 Å². The maximum Gasteiger partial charge on any atom is 0.0978 e. The number of aliphatic imine (C=N–C) groups is 1. The van der Waals surface area contributed by atoms with Gasteiger partial charge in [-0.25, -0.2) is 0 Å². The van der Waals surface area contributed by atoms with Crippen LogP contribution in [0.2, 0.25) is 0 Å². The SMILES string of the molecule is S=C1C=CN(c2ccccc2)C1=C1N=CC=C1c1ccc[nH]1. The first-order valence-corrected chi connectivity index (χ1v) is 7.45. The van der Waals surface area contributed by atoms with E-state index in [4.69, 9.17) is 12.2 Å².